The molecule has 0 N–H and O–H groups in total. The van der Waals surface area contributed by atoms with Crippen LogP contribution in [0.4, 0.5) is 30.2 Å². The molecule has 0 fully saturated rings. The number of rotatable bonds is 5. The van der Waals surface area contributed by atoms with Gasteiger partial charge in [0.2, 0.25) is 0 Å². The molecule has 0 bridgehead atoms. The summed E-state index contributed by atoms with van der Waals surface area (Å²) in [7, 11) is 1.28. The minimum Gasteiger partial charge on any atom is -0.356 e. The molecule has 0 radical (unpaired) electrons. The number of pyridine rings is 1. The van der Waals surface area contributed by atoms with Gasteiger partial charge in [0.15, 0.2) is 17.2 Å². The summed E-state index contributed by atoms with van der Waals surface area (Å²) in [6, 6.07) is 5.60. The van der Waals surface area contributed by atoms with E-state index in [4.69, 9.17) is 0 Å². The molecular formula is C15H11F3N6O4. The molecule has 2 heterocycles. The molecule has 0 saturated carbocycles. The second-order valence-electron chi connectivity index (χ2n) is 5.78. The molecule has 0 atom stereocenters. The summed E-state index contributed by atoms with van der Waals surface area (Å²) in [5.41, 5.74) is -3.62. The van der Waals surface area contributed by atoms with Crippen LogP contribution in [0.15, 0.2) is 36.5 Å². The van der Waals surface area contributed by atoms with Crippen molar-refractivity contribution in [3.8, 4) is 0 Å². The second-order valence-corrected chi connectivity index (χ2v) is 5.78. The molecule has 10 nitrogen and oxygen atoms in total. The maximum absolute atomic E-state index is 13.0. The van der Waals surface area contributed by atoms with Gasteiger partial charge in [-0.3, -0.25) is 24.6 Å². The molecule has 0 saturated heterocycles. The fraction of sp³-hybridized carbons (Fsp3) is 0.200. The SMILES string of the molecule is CN(Cc1nnc2ccccn12)c1c([N+](=O)[O-])cc(C(F)(F)F)cc1[N+](=O)[O-]. The first kappa shape index (κ1) is 19.0. The van der Waals surface area contributed by atoms with Gasteiger partial charge in [0, 0.05) is 25.4 Å². The van der Waals surface area contributed by atoms with Crippen LogP contribution < -0.4 is 4.90 Å². The fourth-order valence-electron chi connectivity index (χ4n) is 2.73. The Bertz CT molecular complexity index is 1050. The second kappa shape index (κ2) is 6.75. The predicted octanol–water partition coefficient (Wildman–Crippen LogP) is 3.20. The number of nitro groups is 2. The van der Waals surface area contributed by atoms with Gasteiger partial charge in [0.05, 0.1) is 22.0 Å². The molecule has 0 aliphatic carbocycles. The zero-order valence-electron chi connectivity index (χ0n) is 14.1. The molecule has 0 aliphatic heterocycles. The smallest absolute Gasteiger partial charge is 0.356 e. The third-order valence-corrected chi connectivity index (χ3v) is 3.94. The van der Waals surface area contributed by atoms with E-state index in [9.17, 15) is 33.4 Å². The Balaban J connectivity index is 2.13. The summed E-state index contributed by atoms with van der Waals surface area (Å²) in [4.78, 5) is 21.6. The van der Waals surface area contributed by atoms with Crippen molar-refractivity contribution >= 4 is 22.7 Å². The molecule has 28 heavy (non-hydrogen) atoms. The van der Waals surface area contributed by atoms with Crippen molar-refractivity contribution in [1.82, 2.24) is 14.6 Å². The van der Waals surface area contributed by atoms with Crippen molar-refractivity contribution in [3.05, 3.63) is 68.1 Å². The Morgan fingerprint density at radius 3 is 2.25 bits per heavy atom. The number of fused-ring (bicyclic) bond motifs is 1. The van der Waals surface area contributed by atoms with Crippen LogP contribution in [0.5, 0.6) is 0 Å². The van der Waals surface area contributed by atoms with Gasteiger partial charge in [-0.25, -0.2) is 0 Å². The maximum Gasteiger partial charge on any atom is 0.416 e. The van der Waals surface area contributed by atoms with E-state index in [1.165, 1.54) is 7.05 Å². The molecule has 0 unspecified atom stereocenters. The van der Waals surface area contributed by atoms with E-state index >= 15 is 0 Å². The fourth-order valence-corrected chi connectivity index (χ4v) is 2.73. The lowest BCUT2D eigenvalue weighted by Crippen LogP contribution is -2.21. The van der Waals surface area contributed by atoms with E-state index in [2.05, 4.69) is 10.2 Å². The van der Waals surface area contributed by atoms with Crippen molar-refractivity contribution in [2.75, 3.05) is 11.9 Å². The van der Waals surface area contributed by atoms with E-state index in [0.29, 0.717) is 11.5 Å². The molecule has 0 spiro atoms. The summed E-state index contributed by atoms with van der Waals surface area (Å²) >= 11 is 0. The van der Waals surface area contributed by atoms with Crippen LogP contribution in [0.1, 0.15) is 11.4 Å². The Morgan fingerprint density at radius 1 is 1.11 bits per heavy atom. The molecule has 1 aromatic carbocycles. The van der Waals surface area contributed by atoms with Gasteiger partial charge in [-0.05, 0) is 12.1 Å². The summed E-state index contributed by atoms with van der Waals surface area (Å²) < 4.78 is 40.6. The van der Waals surface area contributed by atoms with E-state index in [1.54, 1.807) is 28.8 Å². The van der Waals surface area contributed by atoms with Gasteiger partial charge in [-0.15, -0.1) is 10.2 Å². The maximum atomic E-state index is 13.0. The number of hydrogen-bond acceptors (Lipinski definition) is 7. The van der Waals surface area contributed by atoms with Gasteiger partial charge in [-0.2, -0.15) is 13.2 Å². The largest absolute Gasteiger partial charge is 0.416 e. The molecule has 3 rings (SSSR count). The third kappa shape index (κ3) is 3.41. The molecule has 0 aliphatic rings. The van der Waals surface area contributed by atoms with E-state index < -0.39 is 38.6 Å². The average molecular weight is 396 g/mol. The number of hydrogen-bond donors (Lipinski definition) is 0. The number of aromatic nitrogens is 3. The molecule has 3 aromatic rings. The van der Waals surface area contributed by atoms with Crippen LogP contribution in [0.25, 0.3) is 5.65 Å². The van der Waals surface area contributed by atoms with Crippen LogP contribution in [0.2, 0.25) is 0 Å². The summed E-state index contributed by atoms with van der Waals surface area (Å²) in [6.45, 7) is -0.168. The van der Waals surface area contributed by atoms with Crippen LogP contribution in [-0.2, 0) is 12.7 Å². The standard InChI is InChI=1S/C15H11F3N6O4/c1-21(8-13-20-19-12-4-2-3-5-22(12)13)14-10(23(25)26)6-9(15(16,17)18)7-11(14)24(27)28/h2-7H,8H2,1H3. The van der Waals surface area contributed by atoms with Crippen molar-refractivity contribution in [1.29, 1.82) is 0 Å². The van der Waals surface area contributed by atoms with Gasteiger partial charge >= 0.3 is 6.18 Å². The summed E-state index contributed by atoms with van der Waals surface area (Å²) in [5.74, 6) is 0.293. The number of nitro benzene ring substituents is 2. The van der Waals surface area contributed by atoms with Crippen LogP contribution in [0, 0.1) is 20.2 Å². The van der Waals surface area contributed by atoms with Crippen molar-refractivity contribution in [2.24, 2.45) is 0 Å². The number of anilines is 1. The minimum atomic E-state index is -4.98. The Labute approximate surface area is 154 Å². The topological polar surface area (TPSA) is 120 Å². The highest BCUT2D eigenvalue weighted by atomic mass is 19.4. The zero-order chi connectivity index (χ0) is 20.6. The summed E-state index contributed by atoms with van der Waals surface area (Å²) in [6.07, 6.45) is -3.36. The van der Waals surface area contributed by atoms with Crippen molar-refractivity contribution < 1.29 is 23.0 Å². The molecule has 146 valence electrons. The van der Waals surface area contributed by atoms with Gasteiger partial charge in [0.25, 0.3) is 11.4 Å². The number of nitrogens with zero attached hydrogens (tertiary/aromatic N) is 6. The average Bonchev–Trinajstić information content (AvgIpc) is 3.02. The highest BCUT2D eigenvalue weighted by molar-refractivity contribution is 5.76. The van der Waals surface area contributed by atoms with Crippen LogP contribution in [-0.4, -0.2) is 31.5 Å². The number of alkyl halides is 3. The van der Waals surface area contributed by atoms with Crippen molar-refractivity contribution in [3.63, 3.8) is 0 Å². The quantitative estimate of drug-likeness (QED) is 0.480. The lowest BCUT2D eigenvalue weighted by atomic mass is 10.1. The third-order valence-electron chi connectivity index (χ3n) is 3.94. The normalized spacial score (nSPS) is 11.6. The lowest BCUT2D eigenvalue weighted by Gasteiger charge is -2.19. The number of benzene rings is 1. The van der Waals surface area contributed by atoms with Gasteiger partial charge in [0.1, 0.15) is 0 Å². The Hall–Kier alpha value is -3.77. The van der Waals surface area contributed by atoms with Crippen LogP contribution in [0.3, 0.4) is 0 Å². The van der Waals surface area contributed by atoms with E-state index in [1.807, 2.05) is 0 Å². The first-order valence-electron chi connectivity index (χ1n) is 7.63. The van der Waals surface area contributed by atoms with E-state index in [-0.39, 0.29) is 18.7 Å². The Morgan fingerprint density at radius 2 is 1.71 bits per heavy atom. The summed E-state index contributed by atoms with van der Waals surface area (Å²) in [5, 5.41) is 30.5. The highest BCUT2D eigenvalue weighted by Crippen LogP contribution is 2.43. The molecular weight excluding hydrogens is 385 g/mol. The van der Waals surface area contributed by atoms with Gasteiger partial charge < -0.3 is 4.90 Å². The van der Waals surface area contributed by atoms with Crippen LogP contribution >= 0.6 is 0 Å². The first-order chi connectivity index (χ1) is 13.1. The molecule has 0 amide bonds. The monoisotopic (exact) mass is 396 g/mol. The zero-order valence-corrected chi connectivity index (χ0v) is 14.1. The van der Waals surface area contributed by atoms with Crippen molar-refractivity contribution in [2.45, 2.75) is 12.7 Å². The van der Waals surface area contributed by atoms with E-state index in [0.717, 1.165) is 4.90 Å². The van der Waals surface area contributed by atoms with Gasteiger partial charge in [-0.1, -0.05) is 6.07 Å². The minimum absolute atomic E-state index is 0.168. The molecule has 13 heteroatoms. The first-order valence-corrected chi connectivity index (χ1v) is 7.63. The lowest BCUT2D eigenvalue weighted by molar-refractivity contribution is -0.393. The molecule has 2 aromatic heterocycles. The number of halogens is 3. The highest BCUT2D eigenvalue weighted by Gasteiger charge is 2.38. The Kier molecular flexibility index (Phi) is 4.58. The predicted molar refractivity (Wildman–Crippen MR) is 89.8 cm³/mol.